The Morgan fingerprint density at radius 2 is 2.31 bits per heavy atom. The van der Waals surface area contributed by atoms with Crippen LogP contribution in [0.4, 0.5) is 10.1 Å². The smallest absolute Gasteiger partial charge is 0.135 e. The first-order valence-corrected chi connectivity index (χ1v) is 6.69. The Kier molecular flexibility index (Phi) is 5.02. The number of thioether (sulfide) groups is 1. The molecule has 2 nitrogen and oxygen atoms in total. The third-order valence-corrected chi connectivity index (χ3v) is 3.12. The summed E-state index contributed by atoms with van der Waals surface area (Å²) in [6, 6.07) is 5.11. The Labute approximate surface area is 105 Å². The van der Waals surface area contributed by atoms with Gasteiger partial charge in [0.05, 0.1) is 0 Å². The number of hydrogen-bond acceptors (Lipinski definition) is 3. The van der Waals surface area contributed by atoms with Gasteiger partial charge in [-0.2, -0.15) is 11.8 Å². The van der Waals surface area contributed by atoms with Crippen LogP contribution in [0.1, 0.15) is 12.5 Å². The predicted octanol–water partition coefficient (Wildman–Crippen LogP) is 2.62. The van der Waals surface area contributed by atoms with Crippen LogP contribution < -0.4 is 11.1 Å². The van der Waals surface area contributed by atoms with Crippen molar-refractivity contribution in [2.75, 3.05) is 17.3 Å². The van der Waals surface area contributed by atoms with E-state index in [9.17, 15) is 4.39 Å². The van der Waals surface area contributed by atoms with Crippen LogP contribution in [-0.2, 0) is 0 Å². The maximum Gasteiger partial charge on any atom is 0.135 e. The van der Waals surface area contributed by atoms with Crippen molar-refractivity contribution >= 4 is 34.7 Å². The molecule has 0 bridgehead atoms. The minimum atomic E-state index is -0.381. The highest BCUT2D eigenvalue weighted by Crippen LogP contribution is 2.16. The van der Waals surface area contributed by atoms with Gasteiger partial charge in [-0.3, -0.25) is 0 Å². The molecule has 0 radical (unpaired) electrons. The van der Waals surface area contributed by atoms with Crippen molar-refractivity contribution in [3.63, 3.8) is 0 Å². The maximum atomic E-state index is 13.5. The number of hydrogen-bond donors (Lipinski definition) is 2. The summed E-state index contributed by atoms with van der Waals surface area (Å²) in [5.74, 6) is 0.590. The highest BCUT2D eigenvalue weighted by Gasteiger charge is 2.07. The molecule has 0 aliphatic rings. The van der Waals surface area contributed by atoms with E-state index in [0.29, 0.717) is 6.04 Å². The van der Waals surface area contributed by atoms with Crippen LogP contribution in [0.5, 0.6) is 0 Å². The minimum Gasteiger partial charge on any atom is -0.389 e. The molecule has 0 heterocycles. The number of anilines is 1. The van der Waals surface area contributed by atoms with Crippen LogP contribution in [0.15, 0.2) is 18.2 Å². The zero-order valence-electron chi connectivity index (χ0n) is 9.29. The Bertz CT molecular complexity index is 382. The van der Waals surface area contributed by atoms with E-state index in [0.717, 1.165) is 11.4 Å². The molecule has 1 aromatic rings. The van der Waals surface area contributed by atoms with Crippen LogP contribution in [0.25, 0.3) is 0 Å². The Morgan fingerprint density at radius 1 is 1.62 bits per heavy atom. The summed E-state index contributed by atoms with van der Waals surface area (Å²) in [6.07, 6.45) is 2.04. The summed E-state index contributed by atoms with van der Waals surface area (Å²) in [6.45, 7) is 2.05. The third kappa shape index (κ3) is 3.64. The van der Waals surface area contributed by atoms with E-state index in [1.807, 2.05) is 6.26 Å². The highest BCUT2D eigenvalue weighted by atomic mass is 32.2. The summed E-state index contributed by atoms with van der Waals surface area (Å²) in [5.41, 5.74) is 6.42. The van der Waals surface area contributed by atoms with Crippen molar-refractivity contribution in [2.24, 2.45) is 5.73 Å². The molecule has 0 amide bonds. The van der Waals surface area contributed by atoms with Gasteiger partial charge in [0.1, 0.15) is 10.8 Å². The molecule has 0 spiro atoms. The van der Waals surface area contributed by atoms with Gasteiger partial charge in [-0.25, -0.2) is 4.39 Å². The zero-order chi connectivity index (χ0) is 12.1. The molecule has 5 heteroatoms. The van der Waals surface area contributed by atoms with Gasteiger partial charge in [0, 0.05) is 23.0 Å². The second-order valence-corrected chi connectivity index (χ2v) is 4.91. The summed E-state index contributed by atoms with van der Waals surface area (Å²) in [4.78, 5) is 0.0845. The van der Waals surface area contributed by atoms with Gasteiger partial charge in [0.25, 0.3) is 0 Å². The Hall–Kier alpha value is -0.810. The van der Waals surface area contributed by atoms with E-state index in [-0.39, 0.29) is 16.4 Å². The molecule has 0 aromatic heterocycles. The maximum absolute atomic E-state index is 13.5. The first kappa shape index (κ1) is 13.3. The van der Waals surface area contributed by atoms with Crippen molar-refractivity contribution in [3.8, 4) is 0 Å². The van der Waals surface area contributed by atoms with Crippen molar-refractivity contribution in [1.29, 1.82) is 0 Å². The molecule has 1 aromatic carbocycles. The fourth-order valence-electron chi connectivity index (χ4n) is 1.38. The van der Waals surface area contributed by atoms with E-state index in [1.54, 1.807) is 23.9 Å². The number of halogens is 1. The Balaban J connectivity index is 2.77. The van der Waals surface area contributed by atoms with Crippen molar-refractivity contribution in [1.82, 2.24) is 0 Å². The molecule has 0 saturated carbocycles. The van der Waals surface area contributed by atoms with Gasteiger partial charge in [0.15, 0.2) is 0 Å². The van der Waals surface area contributed by atoms with Gasteiger partial charge in [-0.15, -0.1) is 0 Å². The molecule has 1 rings (SSSR count). The molecule has 88 valence electrons. The monoisotopic (exact) mass is 258 g/mol. The lowest BCUT2D eigenvalue weighted by Gasteiger charge is -2.14. The van der Waals surface area contributed by atoms with E-state index in [1.165, 1.54) is 6.07 Å². The lowest BCUT2D eigenvalue weighted by molar-refractivity contribution is 0.625. The SMILES string of the molecule is CSCC(C)Nc1ccc(C(N)=S)c(F)c1. The first-order valence-electron chi connectivity index (χ1n) is 4.89. The van der Waals surface area contributed by atoms with E-state index < -0.39 is 0 Å². The third-order valence-electron chi connectivity index (χ3n) is 2.06. The summed E-state index contributed by atoms with van der Waals surface area (Å²) < 4.78 is 13.5. The number of nitrogens with two attached hydrogens (primary N) is 1. The van der Waals surface area contributed by atoms with Crippen LogP contribution in [0.2, 0.25) is 0 Å². The quantitative estimate of drug-likeness (QED) is 0.796. The van der Waals surface area contributed by atoms with Crippen molar-refractivity contribution in [3.05, 3.63) is 29.6 Å². The largest absolute Gasteiger partial charge is 0.389 e. The standard InChI is InChI=1S/C11H15FN2S2/c1-7(6-16-2)14-8-3-4-9(11(13)15)10(12)5-8/h3-5,7,14H,6H2,1-2H3,(H2,13,15). The zero-order valence-corrected chi connectivity index (χ0v) is 10.9. The van der Waals surface area contributed by atoms with Gasteiger partial charge in [-0.1, -0.05) is 12.2 Å². The topological polar surface area (TPSA) is 38.0 Å². The number of rotatable bonds is 5. The molecule has 3 N–H and O–H groups in total. The van der Waals surface area contributed by atoms with Gasteiger partial charge in [-0.05, 0) is 31.4 Å². The summed E-state index contributed by atoms with van der Waals surface area (Å²) in [5, 5.41) is 3.20. The number of benzene rings is 1. The lowest BCUT2D eigenvalue weighted by atomic mass is 10.2. The second-order valence-electron chi connectivity index (χ2n) is 3.56. The first-order chi connectivity index (χ1) is 7.54. The molecular weight excluding hydrogens is 243 g/mol. The van der Waals surface area contributed by atoms with Crippen LogP contribution in [0.3, 0.4) is 0 Å². The minimum absolute atomic E-state index is 0.0845. The fraction of sp³-hybridized carbons (Fsp3) is 0.364. The molecule has 16 heavy (non-hydrogen) atoms. The molecule has 0 fully saturated rings. The van der Waals surface area contributed by atoms with Crippen LogP contribution >= 0.6 is 24.0 Å². The molecular formula is C11H15FN2S2. The van der Waals surface area contributed by atoms with Gasteiger partial charge in [0.2, 0.25) is 0 Å². The molecule has 0 aliphatic heterocycles. The fourth-order valence-corrected chi connectivity index (χ4v) is 2.13. The second kappa shape index (κ2) is 6.06. The van der Waals surface area contributed by atoms with Crippen LogP contribution in [0, 0.1) is 5.82 Å². The van der Waals surface area contributed by atoms with Gasteiger partial charge < -0.3 is 11.1 Å². The Morgan fingerprint density at radius 3 is 2.81 bits per heavy atom. The highest BCUT2D eigenvalue weighted by molar-refractivity contribution is 7.98. The normalized spacial score (nSPS) is 12.2. The summed E-state index contributed by atoms with van der Waals surface area (Å²) >= 11 is 6.48. The molecule has 1 atom stereocenters. The number of thiocarbonyl (C=S) groups is 1. The van der Waals surface area contributed by atoms with Crippen molar-refractivity contribution in [2.45, 2.75) is 13.0 Å². The predicted molar refractivity (Wildman–Crippen MR) is 73.8 cm³/mol. The summed E-state index contributed by atoms with van der Waals surface area (Å²) in [7, 11) is 0. The number of nitrogens with one attached hydrogen (secondary N) is 1. The molecule has 0 saturated heterocycles. The van der Waals surface area contributed by atoms with Crippen molar-refractivity contribution < 1.29 is 4.39 Å². The lowest BCUT2D eigenvalue weighted by Crippen LogP contribution is -2.18. The van der Waals surface area contributed by atoms with E-state index in [2.05, 4.69) is 12.2 Å². The van der Waals surface area contributed by atoms with Gasteiger partial charge >= 0.3 is 0 Å². The van der Waals surface area contributed by atoms with E-state index in [4.69, 9.17) is 18.0 Å². The van der Waals surface area contributed by atoms with E-state index >= 15 is 0 Å². The molecule has 0 aliphatic carbocycles. The average molecular weight is 258 g/mol. The average Bonchev–Trinajstić information content (AvgIpc) is 2.17. The van der Waals surface area contributed by atoms with Crippen LogP contribution in [-0.4, -0.2) is 23.0 Å². The molecule has 1 unspecified atom stereocenters.